The third kappa shape index (κ3) is 5.22. The molecule has 0 atom stereocenters. The molecule has 3 rings (SSSR count). The summed E-state index contributed by atoms with van der Waals surface area (Å²) in [5, 5.41) is 10.8. The van der Waals surface area contributed by atoms with Gasteiger partial charge in [-0.15, -0.1) is 0 Å². The summed E-state index contributed by atoms with van der Waals surface area (Å²) in [5.74, 6) is -0.303. The molecular formula is C21H22ClN5O2. The van der Waals surface area contributed by atoms with Gasteiger partial charge in [-0.2, -0.15) is 0 Å². The monoisotopic (exact) mass is 411 g/mol. The zero-order valence-corrected chi connectivity index (χ0v) is 16.5. The van der Waals surface area contributed by atoms with Gasteiger partial charge in [-0.1, -0.05) is 11.6 Å². The van der Waals surface area contributed by atoms with Gasteiger partial charge in [0, 0.05) is 60.8 Å². The molecule has 1 fully saturated rings. The number of hydrogen-bond donors (Lipinski definition) is 3. The van der Waals surface area contributed by atoms with Crippen LogP contribution in [0.15, 0.2) is 48.9 Å². The molecule has 1 amide bonds. The summed E-state index contributed by atoms with van der Waals surface area (Å²) in [4.78, 5) is 18.6. The van der Waals surface area contributed by atoms with Crippen molar-refractivity contribution in [2.75, 3.05) is 36.5 Å². The number of carbonyl (C=O) groups excluding carboxylic acids is 1. The molecule has 29 heavy (non-hydrogen) atoms. The van der Waals surface area contributed by atoms with Gasteiger partial charge in [-0.05, 0) is 35.9 Å². The molecule has 2 heterocycles. The van der Waals surface area contributed by atoms with Crippen LogP contribution in [0.5, 0.6) is 0 Å². The first-order valence-electron chi connectivity index (χ1n) is 9.10. The van der Waals surface area contributed by atoms with Gasteiger partial charge in [0.15, 0.2) is 0 Å². The van der Waals surface area contributed by atoms with E-state index in [4.69, 9.17) is 27.5 Å². The largest absolute Gasteiger partial charge is 0.404 e. The second-order valence-corrected chi connectivity index (χ2v) is 6.72. The van der Waals surface area contributed by atoms with E-state index >= 15 is 0 Å². The fraction of sp³-hybridized carbons (Fsp3) is 0.190. The van der Waals surface area contributed by atoms with Crippen molar-refractivity contribution < 1.29 is 9.53 Å². The van der Waals surface area contributed by atoms with E-state index in [0.717, 1.165) is 30.6 Å². The Morgan fingerprint density at radius 3 is 2.79 bits per heavy atom. The first-order valence-corrected chi connectivity index (χ1v) is 9.48. The Morgan fingerprint density at radius 2 is 2.10 bits per heavy atom. The van der Waals surface area contributed by atoms with Gasteiger partial charge >= 0.3 is 0 Å². The Balaban J connectivity index is 1.70. The first kappa shape index (κ1) is 20.6. The van der Waals surface area contributed by atoms with Crippen molar-refractivity contribution in [2.24, 2.45) is 5.73 Å². The highest BCUT2D eigenvalue weighted by Crippen LogP contribution is 2.29. The third-order valence-electron chi connectivity index (χ3n) is 4.48. The molecule has 0 saturated carbocycles. The summed E-state index contributed by atoms with van der Waals surface area (Å²) in [6.45, 7) is 2.93. The number of benzene rings is 1. The number of aromatic nitrogens is 1. The van der Waals surface area contributed by atoms with Crippen molar-refractivity contribution >= 4 is 46.7 Å². The number of nitrogens with one attached hydrogen (secondary N) is 2. The molecule has 1 aliphatic rings. The maximum Gasteiger partial charge on any atom is 0.248 e. The van der Waals surface area contributed by atoms with Gasteiger partial charge in [-0.3, -0.25) is 9.78 Å². The smallest absolute Gasteiger partial charge is 0.248 e. The number of rotatable bonds is 6. The van der Waals surface area contributed by atoms with Gasteiger partial charge in [0.2, 0.25) is 5.91 Å². The van der Waals surface area contributed by atoms with E-state index in [1.54, 1.807) is 30.6 Å². The number of nitrogens with zero attached hydrogens (tertiary/aromatic N) is 2. The molecule has 0 spiro atoms. The maximum absolute atomic E-state index is 12.3. The highest BCUT2D eigenvalue weighted by molar-refractivity contribution is 6.33. The van der Waals surface area contributed by atoms with Crippen molar-refractivity contribution in [1.82, 2.24) is 4.98 Å². The van der Waals surface area contributed by atoms with Gasteiger partial charge in [-0.25, -0.2) is 0 Å². The molecule has 0 bridgehead atoms. The molecule has 0 aliphatic carbocycles. The summed E-state index contributed by atoms with van der Waals surface area (Å²) >= 11 is 6.41. The molecule has 7 nitrogen and oxygen atoms in total. The number of allylic oxidation sites excluding steroid dienone is 1. The molecule has 0 radical (unpaired) electrons. The van der Waals surface area contributed by atoms with E-state index in [0.29, 0.717) is 35.1 Å². The fourth-order valence-corrected chi connectivity index (χ4v) is 3.31. The number of ether oxygens (including phenoxy) is 1. The molecule has 1 aromatic heterocycles. The minimum Gasteiger partial charge on any atom is -0.404 e. The van der Waals surface area contributed by atoms with Crippen LogP contribution in [0.3, 0.4) is 0 Å². The van der Waals surface area contributed by atoms with Crippen LogP contribution in [-0.2, 0) is 9.53 Å². The van der Waals surface area contributed by atoms with Crippen molar-refractivity contribution in [1.29, 1.82) is 5.41 Å². The lowest BCUT2D eigenvalue weighted by Gasteiger charge is -2.29. The normalized spacial score (nSPS) is 14.8. The molecule has 1 aliphatic heterocycles. The van der Waals surface area contributed by atoms with Gasteiger partial charge in [0.05, 0.1) is 23.9 Å². The highest BCUT2D eigenvalue weighted by atomic mass is 35.5. The van der Waals surface area contributed by atoms with E-state index in [2.05, 4.69) is 15.2 Å². The van der Waals surface area contributed by atoms with E-state index < -0.39 is 0 Å². The predicted molar refractivity (Wildman–Crippen MR) is 117 cm³/mol. The lowest BCUT2D eigenvalue weighted by Crippen LogP contribution is -2.36. The zero-order chi connectivity index (χ0) is 20.6. The summed E-state index contributed by atoms with van der Waals surface area (Å²) in [6, 6.07) is 7.19. The van der Waals surface area contributed by atoms with Crippen molar-refractivity contribution in [3.8, 4) is 0 Å². The zero-order valence-electron chi connectivity index (χ0n) is 15.8. The van der Waals surface area contributed by atoms with Gasteiger partial charge in [0.25, 0.3) is 0 Å². The topological polar surface area (TPSA) is 104 Å². The van der Waals surface area contributed by atoms with Crippen LogP contribution in [0, 0.1) is 5.41 Å². The fourth-order valence-electron chi connectivity index (χ4n) is 3.01. The number of amides is 1. The standard InChI is InChI=1S/C21H22ClN5O2/c22-19-11-17(2-3-20(19)27-7-9-29-10-8-27)26-21(28)4-1-15-14-25-6-5-18(15)16(12-23)13-24/h1-6,11-14,23H,7-10,24H2,(H,26,28)/b4-1+,16-13?,23-12?. The van der Waals surface area contributed by atoms with Crippen molar-refractivity contribution in [2.45, 2.75) is 0 Å². The van der Waals surface area contributed by atoms with Crippen LogP contribution in [0.25, 0.3) is 11.6 Å². The van der Waals surface area contributed by atoms with Crippen LogP contribution < -0.4 is 16.0 Å². The van der Waals surface area contributed by atoms with Crippen LogP contribution >= 0.6 is 11.6 Å². The van der Waals surface area contributed by atoms with Gasteiger partial charge in [0.1, 0.15) is 0 Å². The number of hydrogen-bond acceptors (Lipinski definition) is 6. The average molecular weight is 412 g/mol. The molecule has 0 unspecified atom stereocenters. The average Bonchev–Trinajstić information content (AvgIpc) is 2.74. The third-order valence-corrected chi connectivity index (χ3v) is 4.78. The number of nitrogens with two attached hydrogens (primary N) is 1. The molecule has 8 heteroatoms. The number of pyridine rings is 1. The summed E-state index contributed by atoms with van der Waals surface area (Å²) in [7, 11) is 0. The molecular weight excluding hydrogens is 390 g/mol. The van der Waals surface area contributed by atoms with Crippen molar-refractivity contribution in [3.63, 3.8) is 0 Å². The maximum atomic E-state index is 12.3. The molecule has 1 aromatic carbocycles. The quantitative estimate of drug-likeness (QED) is 0.500. The van der Waals surface area contributed by atoms with Crippen LogP contribution in [0.1, 0.15) is 11.1 Å². The number of anilines is 2. The van der Waals surface area contributed by atoms with Crippen LogP contribution in [-0.4, -0.2) is 43.4 Å². The van der Waals surface area contributed by atoms with E-state index in [1.165, 1.54) is 12.3 Å². The SMILES string of the molecule is N=CC(=CN)c1ccncc1/C=C/C(=O)Nc1ccc(N2CCOCC2)c(Cl)c1. The lowest BCUT2D eigenvalue weighted by molar-refractivity contribution is -0.111. The minimum absolute atomic E-state index is 0.303. The number of morpholine rings is 1. The molecule has 150 valence electrons. The summed E-state index contributed by atoms with van der Waals surface area (Å²) in [5.41, 5.74) is 9.04. The summed E-state index contributed by atoms with van der Waals surface area (Å²) in [6.07, 6.45) is 8.76. The molecule has 4 N–H and O–H groups in total. The summed E-state index contributed by atoms with van der Waals surface area (Å²) < 4.78 is 5.36. The van der Waals surface area contributed by atoms with Crippen LogP contribution in [0.2, 0.25) is 5.02 Å². The Labute approximate surface area is 174 Å². The Bertz CT molecular complexity index is 952. The predicted octanol–water partition coefficient (Wildman–Crippen LogP) is 3.17. The highest BCUT2D eigenvalue weighted by Gasteiger charge is 2.14. The Kier molecular flexibility index (Phi) is 6.99. The number of halogens is 1. The van der Waals surface area contributed by atoms with Gasteiger partial charge < -0.3 is 26.1 Å². The Morgan fingerprint density at radius 1 is 1.31 bits per heavy atom. The molecule has 2 aromatic rings. The van der Waals surface area contributed by atoms with E-state index in [-0.39, 0.29) is 5.91 Å². The van der Waals surface area contributed by atoms with Crippen LogP contribution in [0.4, 0.5) is 11.4 Å². The van der Waals surface area contributed by atoms with Crippen molar-refractivity contribution in [3.05, 3.63) is 65.1 Å². The Hall–Kier alpha value is -3.16. The van der Waals surface area contributed by atoms with E-state index in [9.17, 15) is 4.79 Å². The number of carbonyl (C=O) groups is 1. The second kappa shape index (κ2) is 9.86. The molecule has 1 saturated heterocycles. The lowest BCUT2D eigenvalue weighted by atomic mass is 10.0. The minimum atomic E-state index is -0.303. The van der Waals surface area contributed by atoms with E-state index in [1.807, 2.05) is 12.1 Å². The first-order chi connectivity index (χ1) is 14.1. The second-order valence-electron chi connectivity index (χ2n) is 6.32.